The Bertz CT molecular complexity index is 963. The predicted octanol–water partition coefficient (Wildman–Crippen LogP) is 4.49. The van der Waals surface area contributed by atoms with Gasteiger partial charge in [-0.25, -0.2) is 18.7 Å². The number of aryl methyl sites for hydroxylation is 1. The van der Waals surface area contributed by atoms with Crippen molar-refractivity contribution < 1.29 is 13.6 Å². The number of hydrogen-bond acceptors (Lipinski definition) is 4. The van der Waals surface area contributed by atoms with E-state index in [1.54, 1.807) is 6.92 Å². The van der Waals surface area contributed by atoms with Crippen molar-refractivity contribution in [2.45, 2.75) is 19.9 Å². The van der Waals surface area contributed by atoms with E-state index in [4.69, 9.17) is 0 Å². The Balaban J connectivity index is 1.78. The Labute approximate surface area is 155 Å². The van der Waals surface area contributed by atoms with E-state index < -0.39 is 17.5 Å². The van der Waals surface area contributed by atoms with Crippen LogP contribution in [0.4, 0.5) is 20.3 Å². The average Bonchev–Trinajstić information content (AvgIpc) is 2.65. The molecule has 1 amide bonds. The van der Waals surface area contributed by atoms with E-state index in [1.165, 1.54) is 12.1 Å². The molecule has 138 valence electrons. The number of hydrogen-bond donors (Lipinski definition) is 2. The van der Waals surface area contributed by atoms with Crippen LogP contribution in [0.5, 0.6) is 0 Å². The molecule has 0 aliphatic carbocycles. The fraction of sp³-hybridized carbons (Fsp3) is 0.150. The molecule has 0 bridgehead atoms. The second-order valence-electron chi connectivity index (χ2n) is 6.05. The minimum Gasteiger partial charge on any atom is -0.363 e. The molecule has 0 radical (unpaired) electrons. The Hall–Kier alpha value is -3.35. The van der Waals surface area contributed by atoms with Crippen LogP contribution in [-0.4, -0.2) is 15.9 Å². The minimum atomic E-state index is -1.04. The molecule has 0 aliphatic rings. The number of carbonyl (C=O) groups excluding carboxylic acids is 1. The Kier molecular flexibility index (Phi) is 5.40. The summed E-state index contributed by atoms with van der Waals surface area (Å²) in [4.78, 5) is 20.8. The highest BCUT2D eigenvalue weighted by Gasteiger charge is 2.14. The highest BCUT2D eigenvalue weighted by molar-refractivity contribution is 6.03. The fourth-order valence-corrected chi connectivity index (χ4v) is 2.57. The van der Waals surface area contributed by atoms with Crippen molar-refractivity contribution in [2.75, 3.05) is 10.6 Å². The lowest BCUT2D eigenvalue weighted by atomic mass is 10.1. The third kappa shape index (κ3) is 4.63. The van der Waals surface area contributed by atoms with Crippen LogP contribution < -0.4 is 10.6 Å². The van der Waals surface area contributed by atoms with Gasteiger partial charge < -0.3 is 10.6 Å². The minimum absolute atomic E-state index is 0.0254. The van der Waals surface area contributed by atoms with Gasteiger partial charge in [0.15, 0.2) is 11.6 Å². The first kappa shape index (κ1) is 18.4. The molecular weight excluding hydrogens is 350 g/mol. The van der Waals surface area contributed by atoms with E-state index >= 15 is 0 Å². The molecule has 3 aromatic rings. The number of benzene rings is 2. The molecular formula is C20H18F2N4O. The zero-order valence-electron chi connectivity index (χ0n) is 14.8. The van der Waals surface area contributed by atoms with Crippen LogP contribution in [0.2, 0.25) is 0 Å². The zero-order chi connectivity index (χ0) is 19.4. The first-order valence-electron chi connectivity index (χ1n) is 8.36. The maximum Gasteiger partial charge on any atom is 0.274 e. The van der Waals surface area contributed by atoms with Gasteiger partial charge in [-0.2, -0.15) is 0 Å². The van der Waals surface area contributed by atoms with Gasteiger partial charge in [0.1, 0.15) is 17.3 Å². The number of carbonyl (C=O) groups is 1. The summed E-state index contributed by atoms with van der Waals surface area (Å²) >= 11 is 0. The van der Waals surface area contributed by atoms with Crippen LogP contribution in [0.1, 0.15) is 34.8 Å². The molecule has 2 N–H and O–H groups in total. The number of aromatic nitrogens is 2. The number of amides is 1. The molecule has 0 saturated carbocycles. The standard InChI is InChI=1S/C20H18F2N4O/c1-12(14-6-4-3-5-7-14)23-19-11-18(24-13(2)25-19)20(27)26-15-8-9-16(21)17(22)10-15/h3-12H,1-2H3,(H,26,27)(H,23,24,25). The molecule has 0 spiro atoms. The first-order valence-corrected chi connectivity index (χ1v) is 8.36. The second kappa shape index (κ2) is 7.90. The van der Waals surface area contributed by atoms with Gasteiger partial charge >= 0.3 is 0 Å². The SMILES string of the molecule is Cc1nc(NC(C)c2ccccc2)cc(C(=O)Nc2ccc(F)c(F)c2)n1. The lowest BCUT2D eigenvalue weighted by Crippen LogP contribution is -2.16. The topological polar surface area (TPSA) is 66.9 Å². The Morgan fingerprint density at radius 1 is 1.00 bits per heavy atom. The molecule has 1 atom stereocenters. The van der Waals surface area contributed by atoms with Crippen molar-refractivity contribution >= 4 is 17.4 Å². The van der Waals surface area contributed by atoms with Crippen molar-refractivity contribution in [1.82, 2.24) is 9.97 Å². The van der Waals surface area contributed by atoms with Crippen LogP contribution in [0, 0.1) is 18.6 Å². The summed E-state index contributed by atoms with van der Waals surface area (Å²) < 4.78 is 26.3. The summed E-state index contributed by atoms with van der Waals surface area (Å²) in [5.41, 5.74) is 1.33. The predicted molar refractivity (Wildman–Crippen MR) is 99.6 cm³/mol. The smallest absolute Gasteiger partial charge is 0.274 e. The van der Waals surface area contributed by atoms with Gasteiger partial charge in [-0.05, 0) is 31.5 Å². The largest absolute Gasteiger partial charge is 0.363 e. The number of nitrogens with one attached hydrogen (secondary N) is 2. The summed E-state index contributed by atoms with van der Waals surface area (Å²) in [5, 5.41) is 5.74. The zero-order valence-corrected chi connectivity index (χ0v) is 14.8. The summed E-state index contributed by atoms with van der Waals surface area (Å²) in [6, 6.07) is 14.4. The third-order valence-electron chi connectivity index (χ3n) is 3.91. The van der Waals surface area contributed by atoms with Crippen molar-refractivity contribution in [3.63, 3.8) is 0 Å². The van der Waals surface area contributed by atoms with Gasteiger partial charge in [0.25, 0.3) is 5.91 Å². The molecule has 7 heteroatoms. The lowest BCUT2D eigenvalue weighted by Gasteiger charge is -2.16. The van der Waals surface area contributed by atoms with Crippen molar-refractivity contribution in [2.24, 2.45) is 0 Å². The van der Waals surface area contributed by atoms with Gasteiger partial charge in [0, 0.05) is 23.9 Å². The van der Waals surface area contributed by atoms with Crippen LogP contribution in [0.25, 0.3) is 0 Å². The molecule has 3 rings (SSSR count). The van der Waals surface area contributed by atoms with Gasteiger partial charge in [0.05, 0.1) is 0 Å². The van der Waals surface area contributed by atoms with Gasteiger partial charge in [-0.3, -0.25) is 4.79 Å². The molecule has 2 aromatic carbocycles. The van der Waals surface area contributed by atoms with Crippen LogP contribution in [-0.2, 0) is 0 Å². The van der Waals surface area contributed by atoms with Crippen LogP contribution in [0.3, 0.4) is 0 Å². The summed E-state index contributed by atoms with van der Waals surface area (Å²) in [5.74, 6) is -1.65. The monoisotopic (exact) mass is 368 g/mol. The van der Waals surface area contributed by atoms with Crippen molar-refractivity contribution in [3.8, 4) is 0 Å². The molecule has 5 nitrogen and oxygen atoms in total. The quantitative estimate of drug-likeness (QED) is 0.696. The second-order valence-corrected chi connectivity index (χ2v) is 6.05. The highest BCUT2D eigenvalue weighted by Crippen LogP contribution is 2.19. The van der Waals surface area contributed by atoms with E-state index in [9.17, 15) is 13.6 Å². The lowest BCUT2D eigenvalue weighted by molar-refractivity contribution is 0.102. The van der Waals surface area contributed by atoms with E-state index in [1.807, 2.05) is 37.3 Å². The molecule has 0 saturated heterocycles. The van der Waals surface area contributed by atoms with E-state index in [-0.39, 0.29) is 17.4 Å². The molecule has 0 fully saturated rings. The molecule has 0 aliphatic heterocycles. The third-order valence-corrected chi connectivity index (χ3v) is 3.91. The molecule has 27 heavy (non-hydrogen) atoms. The van der Waals surface area contributed by atoms with Gasteiger partial charge in [-0.1, -0.05) is 30.3 Å². The van der Waals surface area contributed by atoms with Gasteiger partial charge in [0.2, 0.25) is 0 Å². The summed E-state index contributed by atoms with van der Waals surface area (Å²) in [7, 11) is 0. The maximum atomic E-state index is 13.3. The molecule has 1 unspecified atom stereocenters. The normalized spacial score (nSPS) is 11.7. The fourth-order valence-electron chi connectivity index (χ4n) is 2.57. The number of rotatable bonds is 5. The first-order chi connectivity index (χ1) is 12.9. The number of halogens is 2. The number of nitrogens with zero attached hydrogens (tertiary/aromatic N) is 2. The van der Waals surface area contributed by atoms with Crippen LogP contribution in [0.15, 0.2) is 54.6 Å². The Morgan fingerprint density at radius 2 is 1.74 bits per heavy atom. The average molecular weight is 368 g/mol. The molecule has 1 heterocycles. The van der Waals surface area contributed by atoms with Crippen molar-refractivity contribution in [3.05, 3.63) is 83.3 Å². The van der Waals surface area contributed by atoms with E-state index in [0.29, 0.717) is 11.6 Å². The van der Waals surface area contributed by atoms with Crippen LogP contribution >= 0.6 is 0 Å². The van der Waals surface area contributed by atoms with E-state index in [2.05, 4.69) is 20.6 Å². The Morgan fingerprint density at radius 3 is 2.44 bits per heavy atom. The van der Waals surface area contributed by atoms with Crippen molar-refractivity contribution in [1.29, 1.82) is 0 Å². The molecule has 1 aromatic heterocycles. The van der Waals surface area contributed by atoms with E-state index in [0.717, 1.165) is 17.7 Å². The summed E-state index contributed by atoms with van der Waals surface area (Å²) in [6.45, 7) is 3.65. The van der Waals surface area contributed by atoms with Gasteiger partial charge in [-0.15, -0.1) is 0 Å². The highest BCUT2D eigenvalue weighted by atomic mass is 19.2. The number of anilines is 2. The summed E-state index contributed by atoms with van der Waals surface area (Å²) in [6.07, 6.45) is 0. The maximum absolute atomic E-state index is 13.3.